The van der Waals surface area contributed by atoms with Gasteiger partial charge < -0.3 is 25.7 Å². The molecular formula is C24H29N3O5S. The molecule has 1 aliphatic heterocycles. The normalized spacial score (nSPS) is 18.9. The Morgan fingerprint density at radius 3 is 2.21 bits per heavy atom. The molecule has 3 unspecified atom stereocenters. The van der Waals surface area contributed by atoms with Crippen LogP contribution in [0.1, 0.15) is 25.0 Å². The number of nitrogens with one attached hydrogen (secondary N) is 2. The van der Waals surface area contributed by atoms with Crippen LogP contribution >= 0.6 is 11.8 Å². The van der Waals surface area contributed by atoms with Gasteiger partial charge in [-0.15, -0.1) is 11.8 Å². The second kappa shape index (κ2) is 10.7. The van der Waals surface area contributed by atoms with Crippen LogP contribution in [0.2, 0.25) is 0 Å². The number of carboxylic acids is 1. The number of hydrogen-bond donors (Lipinski definition) is 4. The van der Waals surface area contributed by atoms with Gasteiger partial charge in [-0.1, -0.05) is 60.7 Å². The van der Waals surface area contributed by atoms with Gasteiger partial charge in [0.25, 0.3) is 5.91 Å². The van der Waals surface area contributed by atoms with Crippen molar-refractivity contribution in [3.8, 4) is 0 Å². The number of benzene rings is 2. The van der Waals surface area contributed by atoms with E-state index in [9.17, 15) is 24.6 Å². The minimum Gasteiger partial charge on any atom is -0.480 e. The van der Waals surface area contributed by atoms with Crippen molar-refractivity contribution in [3.05, 3.63) is 71.8 Å². The van der Waals surface area contributed by atoms with Crippen LogP contribution in [0.15, 0.2) is 60.7 Å². The summed E-state index contributed by atoms with van der Waals surface area (Å²) in [5.41, 5.74) is 1.73. The molecule has 9 heteroatoms. The van der Waals surface area contributed by atoms with E-state index in [1.165, 1.54) is 16.7 Å². The first-order valence-electron chi connectivity index (χ1n) is 10.7. The zero-order chi connectivity index (χ0) is 24.0. The molecule has 1 aliphatic rings. The van der Waals surface area contributed by atoms with E-state index < -0.39 is 40.8 Å². The summed E-state index contributed by atoms with van der Waals surface area (Å²) in [6, 6.07) is 16.0. The third-order valence-corrected chi connectivity index (χ3v) is 6.98. The minimum atomic E-state index is -1.61. The van der Waals surface area contributed by atoms with Crippen LogP contribution in [0.5, 0.6) is 0 Å². The molecular weight excluding hydrogens is 442 g/mol. The smallest absolute Gasteiger partial charge is 0.327 e. The van der Waals surface area contributed by atoms with E-state index in [0.717, 1.165) is 11.1 Å². The number of rotatable bonds is 8. The van der Waals surface area contributed by atoms with Crippen molar-refractivity contribution in [2.24, 2.45) is 0 Å². The lowest BCUT2D eigenvalue weighted by Gasteiger charge is -2.31. The fourth-order valence-corrected chi connectivity index (χ4v) is 4.97. The van der Waals surface area contributed by atoms with Gasteiger partial charge in [-0.25, -0.2) is 9.59 Å². The Bertz CT molecular complexity index is 971. The van der Waals surface area contributed by atoms with E-state index in [1.807, 2.05) is 60.7 Å². The first-order valence-corrected chi connectivity index (χ1v) is 11.6. The van der Waals surface area contributed by atoms with Crippen LogP contribution in [0.4, 0.5) is 4.79 Å². The van der Waals surface area contributed by atoms with Crippen molar-refractivity contribution in [2.45, 2.75) is 49.7 Å². The molecule has 1 heterocycles. The van der Waals surface area contributed by atoms with Gasteiger partial charge in [0.15, 0.2) is 6.10 Å². The highest BCUT2D eigenvalue weighted by Crippen LogP contribution is 2.39. The predicted molar refractivity (Wildman–Crippen MR) is 127 cm³/mol. The van der Waals surface area contributed by atoms with Crippen LogP contribution in [-0.2, 0) is 22.6 Å². The number of carbonyl (C=O) groups excluding carboxylic acids is 2. The van der Waals surface area contributed by atoms with E-state index >= 15 is 0 Å². The molecule has 3 rings (SSSR count). The molecule has 3 amide bonds. The molecule has 0 saturated carbocycles. The highest BCUT2D eigenvalue weighted by Gasteiger charge is 2.50. The van der Waals surface area contributed by atoms with Crippen LogP contribution in [-0.4, -0.2) is 61.8 Å². The molecule has 1 saturated heterocycles. The molecule has 4 N–H and O–H groups in total. The first-order chi connectivity index (χ1) is 15.7. The van der Waals surface area contributed by atoms with E-state index in [0.29, 0.717) is 0 Å². The second-order valence-electron chi connectivity index (χ2n) is 8.48. The Morgan fingerprint density at radius 2 is 1.64 bits per heavy atom. The Hall–Kier alpha value is -3.04. The zero-order valence-electron chi connectivity index (χ0n) is 18.6. The van der Waals surface area contributed by atoms with Crippen molar-refractivity contribution in [1.82, 2.24) is 15.5 Å². The van der Waals surface area contributed by atoms with Crippen molar-refractivity contribution < 1.29 is 24.6 Å². The van der Waals surface area contributed by atoms with E-state index in [2.05, 4.69) is 10.6 Å². The molecule has 0 spiro atoms. The van der Waals surface area contributed by atoms with Crippen LogP contribution in [0, 0.1) is 0 Å². The minimum absolute atomic E-state index is 0.151. The van der Waals surface area contributed by atoms with Crippen molar-refractivity contribution in [3.63, 3.8) is 0 Å². The zero-order valence-corrected chi connectivity index (χ0v) is 19.4. The summed E-state index contributed by atoms with van der Waals surface area (Å²) in [5, 5.41) is 26.1. The number of aliphatic hydroxyl groups excluding tert-OH is 1. The number of thioether (sulfide) groups is 1. The first kappa shape index (κ1) is 24.6. The van der Waals surface area contributed by atoms with Gasteiger partial charge in [-0.3, -0.25) is 4.79 Å². The summed E-state index contributed by atoms with van der Waals surface area (Å²) >= 11 is 1.34. The molecule has 0 radical (unpaired) electrons. The lowest BCUT2D eigenvalue weighted by Crippen LogP contribution is -2.57. The van der Waals surface area contributed by atoms with Gasteiger partial charge >= 0.3 is 12.0 Å². The maximum Gasteiger partial charge on any atom is 0.327 e. The Balaban J connectivity index is 1.74. The summed E-state index contributed by atoms with van der Waals surface area (Å²) in [5.74, 6) is -1.69. The summed E-state index contributed by atoms with van der Waals surface area (Å²) in [4.78, 5) is 38.8. The maximum atomic E-state index is 13.2. The molecule has 0 aromatic heterocycles. The number of carboxylic acid groups (broad SMARTS) is 1. The summed E-state index contributed by atoms with van der Waals surface area (Å²) in [7, 11) is 0. The number of hydrogen-bond acceptors (Lipinski definition) is 5. The van der Waals surface area contributed by atoms with Gasteiger partial charge in [0, 0.05) is 11.3 Å². The maximum absolute atomic E-state index is 13.2. The fraction of sp³-hybridized carbons (Fsp3) is 0.375. The Kier molecular flexibility index (Phi) is 7.99. The highest BCUT2D eigenvalue weighted by atomic mass is 32.2. The SMILES string of the molecule is CC1(C)SCN(C(=O)C(O)C(Cc2ccccc2)NC(=O)NCc2ccccc2)C1C(=O)O. The number of aliphatic carboxylic acids is 1. The van der Waals surface area contributed by atoms with Crippen molar-refractivity contribution in [1.29, 1.82) is 0 Å². The predicted octanol–water partition coefficient (Wildman–Crippen LogP) is 2.22. The van der Waals surface area contributed by atoms with Crippen LogP contribution in [0.3, 0.4) is 0 Å². The Morgan fingerprint density at radius 1 is 1.06 bits per heavy atom. The third-order valence-electron chi connectivity index (χ3n) is 5.61. The van der Waals surface area contributed by atoms with E-state index in [1.54, 1.807) is 13.8 Å². The summed E-state index contributed by atoms with van der Waals surface area (Å²) in [6.45, 7) is 3.80. The second-order valence-corrected chi connectivity index (χ2v) is 10.1. The molecule has 1 fully saturated rings. The molecule has 33 heavy (non-hydrogen) atoms. The Labute approximate surface area is 197 Å². The van der Waals surface area contributed by atoms with Crippen LogP contribution in [0.25, 0.3) is 0 Å². The van der Waals surface area contributed by atoms with Crippen molar-refractivity contribution >= 4 is 29.7 Å². The quantitative estimate of drug-likeness (QED) is 0.469. The number of amides is 3. The standard InChI is InChI=1S/C24H29N3O5S/c1-24(2)20(22(30)31)27(15-33-24)21(29)19(28)18(13-16-9-5-3-6-10-16)26-23(32)25-14-17-11-7-4-8-12-17/h3-12,18-20,28H,13-15H2,1-2H3,(H,30,31)(H2,25,26,32). The third kappa shape index (κ3) is 6.27. The summed E-state index contributed by atoms with van der Waals surface area (Å²) < 4.78 is -0.698. The number of urea groups is 1. The molecule has 2 aromatic carbocycles. The van der Waals surface area contributed by atoms with E-state index in [-0.39, 0.29) is 18.8 Å². The monoisotopic (exact) mass is 471 g/mol. The van der Waals surface area contributed by atoms with Gasteiger partial charge in [0.1, 0.15) is 6.04 Å². The van der Waals surface area contributed by atoms with Gasteiger partial charge in [-0.2, -0.15) is 0 Å². The van der Waals surface area contributed by atoms with E-state index in [4.69, 9.17) is 0 Å². The molecule has 3 atom stereocenters. The van der Waals surface area contributed by atoms with Gasteiger partial charge in [-0.05, 0) is 31.4 Å². The van der Waals surface area contributed by atoms with Gasteiger partial charge in [0.2, 0.25) is 0 Å². The van der Waals surface area contributed by atoms with Crippen LogP contribution < -0.4 is 10.6 Å². The van der Waals surface area contributed by atoms with Gasteiger partial charge in [0.05, 0.1) is 11.9 Å². The topological polar surface area (TPSA) is 119 Å². The highest BCUT2D eigenvalue weighted by molar-refractivity contribution is 8.00. The summed E-state index contributed by atoms with van der Waals surface area (Å²) in [6.07, 6.45) is -1.40. The number of aliphatic hydroxyl groups is 1. The molecule has 176 valence electrons. The fourth-order valence-electron chi connectivity index (χ4n) is 3.84. The average molecular weight is 472 g/mol. The average Bonchev–Trinajstić information content (AvgIpc) is 3.12. The number of carbonyl (C=O) groups is 3. The lowest BCUT2D eigenvalue weighted by atomic mass is 9.98. The molecule has 2 aromatic rings. The largest absolute Gasteiger partial charge is 0.480 e. The molecule has 0 aliphatic carbocycles. The lowest BCUT2D eigenvalue weighted by molar-refractivity contribution is -0.154. The number of nitrogens with zero attached hydrogens (tertiary/aromatic N) is 1. The molecule has 0 bridgehead atoms. The van der Waals surface area contributed by atoms with Crippen molar-refractivity contribution in [2.75, 3.05) is 5.88 Å². The molecule has 8 nitrogen and oxygen atoms in total.